The van der Waals surface area contributed by atoms with Crippen molar-refractivity contribution >= 4 is 27.9 Å². The second-order valence-corrected chi connectivity index (χ2v) is 5.81. The minimum Gasteiger partial charge on any atom is -0.449 e. The molecular formula is C19H17N3O2. The number of aromatic amines is 1. The molecule has 0 saturated heterocycles. The van der Waals surface area contributed by atoms with Crippen LogP contribution in [0.15, 0.2) is 53.1 Å². The maximum absolute atomic E-state index is 12.3. The molecule has 0 fully saturated rings. The Kier molecular flexibility index (Phi) is 3.54. The van der Waals surface area contributed by atoms with E-state index in [1.807, 2.05) is 43.5 Å². The number of nitrogens with zero attached hydrogens (tertiary/aromatic N) is 1. The van der Waals surface area contributed by atoms with Crippen LogP contribution in [-0.4, -0.2) is 22.4 Å². The molecule has 3 heterocycles. The molecule has 0 aliphatic heterocycles. The molecule has 120 valence electrons. The van der Waals surface area contributed by atoms with E-state index >= 15 is 0 Å². The van der Waals surface area contributed by atoms with Crippen LogP contribution >= 0.6 is 0 Å². The Hall–Kier alpha value is -3.08. The van der Waals surface area contributed by atoms with Crippen LogP contribution in [0.5, 0.6) is 0 Å². The maximum atomic E-state index is 12.3. The van der Waals surface area contributed by atoms with E-state index in [4.69, 9.17) is 4.42 Å². The molecule has 0 spiro atoms. The van der Waals surface area contributed by atoms with Crippen molar-refractivity contribution in [3.05, 3.63) is 65.7 Å². The van der Waals surface area contributed by atoms with Crippen molar-refractivity contribution in [3.63, 3.8) is 0 Å². The zero-order chi connectivity index (χ0) is 16.5. The summed E-state index contributed by atoms with van der Waals surface area (Å²) < 4.78 is 5.56. The first-order valence-corrected chi connectivity index (χ1v) is 7.91. The third kappa shape index (κ3) is 2.65. The van der Waals surface area contributed by atoms with Crippen molar-refractivity contribution in [1.82, 2.24) is 15.3 Å². The number of aryl methyl sites for hydroxylation is 1. The number of furan rings is 1. The Morgan fingerprint density at radius 2 is 2.12 bits per heavy atom. The van der Waals surface area contributed by atoms with E-state index in [0.29, 0.717) is 23.4 Å². The highest BCUT2D eigenvalue weighted by molar-refractivity contribution is 5.95. The van der Waals surface area contributed by atoms with Crippen molar-refractivity contribution in [2.75, 3.05) is 6.54 Å². The van der Waals surface area contributed by atoms with Crippen LogP contribution in [0.3, 0.4) is 0 Å². The van der Waals surface area contributed by atoms with Gasteiger partial charge in [0, 0.05) is 35.4 Å². The van der Waals surface area contributed by atoms with E-state index in [2.05, 4.69) is 21.4 Å². The molecule has 0 bridgehead atoms. The van der Waals surface area contributed by atoms with Crippen LogP contribution in [-0.2, 0) is 6.42 Å². The van der Waals surface area contributed by atoms with Gasteiger partial charge in [-0.05, 0) is 37.1 Å². The van der Waals surface area contributed by atoms with E-state index in [9.17, 15) is 4.79 Å². The van der Waals surface area contributed by atoms with Gasteiger partial charge < -0.3 is 14.7 Å². The number of amides is 1. The Balaban J connectivity index is 1.44. The Morgan fingerprint density at radius 3 is 3.04 bits per heavy atom. The van der Waals surface area contributed by atoms with Crippen molar-refractivity contribution < 1.29 is 9.21 Å². The Morgan fingerprint density at radius 1 is 1.25 bits per heavy atom. The molecule has 0 saturated carbocycles. The van der Waals surface area contributed by atoms with Crippen LogP contribution in [0.25, 0.3) is 22.0 Å². The summed E-state index contributed by atoms with van der Waals surface area (Å²) in [5, 5.41) is 4.09. The van der Waals surface area contributed by atoms with Crippen LogP contribution in [0, 0.1) is 6.92 Å². The lowest BCUT2D eigenvalue weighted by molar-refractivity contribution is 0.0928. The lowest BCUT2D eigenvalue weighted by Gasteiger charge is -2.02. The molecule has 5 nitrogen and oxygen atoms in total. The molecule has 4 aromatic rings. The molecule has 5 heteroatoms. The number of H-pyrrole nitrogens is 1. The monoisotopic (exact) mass is 319 g/mol. The topological polar surface area (TPSA) is 70.9 Å². The second-order valence-electron chi connectivity index (χ2n) is 5.81. The zero-order valence-corrected chi connectivity index (χ0v) is 13.3. The van der Waals surface area contributed by atoms with E-state index in [0.717, 1.165) is 17.6 Å². The molecule has 0 unspecified atom stereocenters. The lowest BCUT2D eigenvalue weighted by atomic mass is 10.1. The molecule has 1 amide bonds. The number of fused-ring (bicyclic) bond motifs is 2. The second kappa shape index (κ2) is 5.85. The van der Waals surface area contributed by atoms with Crippen LogP contribution in [0.4, 0.5) is 0 Å². The summed E-state index contributed by atoms with van der Waals surface area (Å²) in [6, 6.07) is 13.5. The predicted octanol–water partition coefficient (Wildman–Crippen LogP) is 3.59. The van der Waals surface area contributed by atoms with Crippen LogP contribution in [0.1, 0.15) is 21.8 Å². The molecule has 2 N–H and O–H groups in total. The van der Waals surface area contributed by atoms with E-state index < -0.39 is 0 Å². The normalized spacial score (nSPS) is 11.2. The zero-order valence-electron chi connectivity index (χ0n) is 13.3. The summed E-state index contributed by atoms with van der Waals surface area (Å²) in [5.41, 5.74) is 4.53. The summed E-state index contributed by atoms with van der Waals surface area (Å²) in [6.45, 7) is 2.46. The van der Waals surface area contributed by atoms with Gasteiger partial charge in [-0.3, -0.25) is 4.79 Å². The lowest BCUT2D eigenvalue weighted by Crippen LogP contribution is -2.25. The SMILES string of the molecule is Cc1ccc2oc(C(=O)NCCc3c[nH]c4ccccc34)cc2n1. The van der Waals surface area contributed by atoms with Crippen molar-refractivity contribution in [1.29, 1.82) is 0 Å². The first-order valence-electron chi connectivity index (χ1n) is 7.91. The first-order chi connectivity index (χ1) is 11.7. The smallest absolute Gasteiger partial charge is 0.287 e. The van der Waals surface area contributed by atoms with Gasteiger partial charge in [-0.25, -0.2) is 4.98 Å². The quantitative estimate of drug-likeness (QED) is 0.604. The van der Waals surface area contributed by atoms with Crippen LogP contribution < -0.4 is 5.32 Å². The fourth-order valence-electron chi connectivity index (χ4n) is 2.87. The Labute approximate surface area is 138 Å². The molecule has 0 aliphatic rings. The highest BCUT2D eigenvalue weighted by atomic mass is 16.3. The van der Waals surface area contributed by atoms with Gasteiger partial charge in [-0.2, -0.15) is 0 Å². The predicted molar refractivity (Wildman–Crippen MR) is 93.1 cm³/mol. The molecule has 1 aromatic carbocycles. The van der Waals surface area contributed by atoms with E-state index in [1.54, 1.807) is 6.07 Å². The number of carbonyl (C=O) groups excluding carboxylic acids is 1. The largest absolute Gasteiger partial charge is 0.449 e. The third-order valence-corrected chi connectivity index (χ3v) is 4.09. The number of para-hydroxylation sites is 1. The maximum Gasteiger partial charge on any atom is 0.287 e. The Bertz CT molecular complexity index is 1030. The van der Waals surface area contributed by atoms with Crippen molar-refractivity contribution in [3.8, 4) is 0 Å². The summed E-state index contributed by atoms with van der Waals surface area (Å²) in [6.07, 6.45) is 2.75. The van der Waals surface area contributed by atoms with Crippen molar-refractivity contribution in [2.24, 2.45) is 0 Å². The third-order valence-electron chi connectivity index (χ3n) is 4.09. The molecule has 0 radical (unpaired) electrons. The fourth-order valence-corrected chi connectivity index (χ4v) is 2.87. The highest BCUT2D eigenvalue weighted by Gasteiger charge is 2.13. The number of nitrogens with one attached hydrogen (secondary N) is 2. The average molecular weight is 319 g/mol. The number of rotatable bonds is 4. The molecule has 3 aromatic heterocycles. The number of benzene rings is 1. The van der Waals surface area contributed by atoms with Gasteiger partial charge in [0.05, 0.1) is 0 Å². The molecule has 0 aliphatic carbocycles. The minimum absolute atomic E-state index is 0.217. The van der Waals surface area contributed by atoms with Gasteiger partial charge >= 0.3 is 0 Å². The number of hydrogen-bond acceptors (Lipinski definition) is 3. The number of carbonyl (C=O) groups is 1. The first kappa shape index (κ1) is 14.5. The number of hydrogen-bond donors (Lipinski definition) is 2. The number of aromatic nitrogens is 2. The van der Waals surface area contributed by atoms with Gasteiger partial charge in [0.25, 0.3) is 5.91 Å². The molecular weight excluding hydrogens is 302 g/mol. The summed E-state index contributed by atoms with van der Waals surface area (Å²) in [7, 11) is 0. The van der Waals surface area contributed by atoms with E-state index in [-0.39, 0.29) is 5.91 Å². The van der Waals surface area contributed by atoms with Crippen LogP contribution in [0.2, 0.25) is 0 Å². The van der Waals surface area contributed by atoms with Gasteiger partial charge in [-0.1, -0.05) is 18.2 Å². The molecule has 4 rings (SSSR count). The highest BCUT2D eigenvalue weighted by Crippen LogP contribution is 2.19. The average Bonchev–Trinajstić information content (AvgIpc) is 3.18. The molecule has 0 atom stereocenters. The number of pyridine rings is 1. The molecule has 24 heavy (non-hydrogen) atoms. The summed E-state index contributed by atoms with van der Waals surface area (Å²) in [4.78, 5) is 19.8. The van der Waals surface area contributed by atoms with Gasteiger partial charge in [-0.15, -0.1) is 0 Å². The summed E-state index contributed by atoms with van der Waals surface area (Å²) >= 11 is 0. The fraction of sp³-hybridized carbons (Fsp3) is 0.158. The van der Waals surface area contributed by atoms with Gasteiger partial charge in [0.1, 0.15) is 5.52 Å². The van der Waals surface area contributed by atoms with E-state index in [1.165, 1.54) is 10.9 Å². The van der Waals surface area contributed by atoms with Gasteiger partial charge in [0.15, 0.2) is 11.3 Å². The minimum atomic E-state index is -0.217. The standard InChI is InChI=1S/C19H17N3O2/c1-12-6-7-17-16(22-12)10-18(24-17)19(23)20-9-8-13-11-21-15-5-3-2-4-14(13)15/h2-7,10-11,21H,8-9H2,1H3,(H,20,23). The summed E-state index contributed by atoms with van der Waals surface area (Å²) in [5.74, 6) is 0.0764. The van der Waals surface area contributed by atoms with Crippen molar-refractivity contribution in [2.45, 2.75) is 13.3 Å². The van der Waals surface area contributed by atoms with Gasteiger partial charge in [0.2, 0.25) is 0 Å².